The normalized spacial score (nSPS) is 11.1. The second-order valence-electron chi connectivity index (χ2n) is 7.25. The third kappa shape index (κ3) is 4.78. The number of hydrogen-bond donors (Lipinski definition) is 2. The summed E-state index contributed by atoms with van der Waals surface area (Å²) in [6.45, 7) is 1.71. The Morgan fingerprint density at radius 1 is 1.22 bits per heavy atom. The Kier molecular flexibility index (Phi) is 6.17. The Labute approximate surface area is 187 Å². The van der Waals surface area contributed by atoms with E-state index in [9.17, 15) is 14.9 Å². The molecule has 4 rings (SSSR count). The summed E-state index contributed by atoms with van der Waals surface area (Å²) >= 11 is 1.28. The first-order valence-corrected chi connectivity index (χ1v) is 10.9. The van der Waals surface area contributed by atoms with Gasteiger partial charge in [0.15, 0.2) is 5.16 Å². The third-order valence-electron chi connectivity index (χ3n) is 4.98. The Hall–Kier alpha value is -3.73. The number of aromatic amines is 1. The van der Waals surface area contributed by atoms with Crippen LogP contribution < -0.4 is 5.32 Å². The van der Waals surface area contributed by atoms with Crippen LogP contribution in [0.5, 0.6) is 0 Å². The van der Waals surface area contributed by atoms with Gasteiger partial charge in [-0.3, -0.25) is 14.9 Å². The maximum absolute atomic E-state index is 12.3. The number of nitrogens with zero attached hydrogens (tertiary/aromatic N) is 5. The molecule has 0 aliphatic carbocycles. The van der Waals surface area contributed by atoms with E-state index in [2.05, 4.69) is 25.5 Å². The average Bonchev–Trinajstić information content (AvgIpc) is 3.34. The Bertz CT molecular complexity index is 1260. The first-order chi connectivity index (χ1) is 15.4. The van der Waals surface area contributed by atoms with Gasteiger partial charge in [0.1, 0.15) is 11.6 Å². The molecule has 0 radical (unpaired) electrons. The first-order valence-electron chi connectivity index (χ1n) is 9.90. The number of fused-ring (bicyclic) bond motifs is 1. The van der Waals surface area contributed by atoms with E-state index in [1.807, 2.05) is 35.9 Å². The number of carbonyl (C=O) groups is 1. The van der Waals surface area contributed by atoms with Gasteiger partial charge < -0.3 is 14.9 Å². The topological polar surface area (TPSA) is 132 Å². The molecule has 0 aliphatic rings. The van der Waals surface area contributed by atoms with Crippen LogP contribution in [-0.2, 0) is 24.7 Å². The van der Waals surface area contributed by atoms with E-state index < -0.39 is 4.92 Å². The molecular formula is C21H21N7O3S. The Morgan fingerprint density at radius 2 is 2.03 bits per heavy atom. The van der Waals surface area contributed by atoms with Crippen molar-refractivity contribution in [1.82, 2.24) is 24.7 Å². The number of nitro groups is 1. The number of rotatable bonds is 8. The molecule has 0 fully saturated rings. The number of nitrogens with one attached hydrogen (secondary N) is 2. The SMILES string of the molecule is Cc1cc([N+](=O)[O-])ccc1NC(=O)CSc1nnc(CCc2nc3ccccc3[nH]2)n1C. The fraction of sp³-hybridized carbons (Fsp3) is 0.238. The van der Waals surface area contributed by atoms with Crippen LogP contribution in [0.15, 0.2) is 47.6 Å². The molecule has 32 heavy (non-hydrogen) atoms. The first kappa shape index (κ1) is 21.5. The van der Waals surface area contributed by atoms with E-state index in [0.29, 0.717) is 29.2 Å². The van der Waals surface area contributed by atoms with E-state index in [1.54, 1.807) is 6.92 Å². The van der Waals surface area contributed by atoms with Crippen molar-refractivity contribution in [2.45, 2.75) is 24.9 Å². The minimum atomic E-state index is -0.464. The second kappa shape index (κ2) is 9.18. The zero-order valence-electron chi connectivity index (χ0n) is 17.5. The van der Waals surface area contributed by atoms with Crippen LogP contribution in [0.4, 0.5) is 11.4 Å². The molecule has 0 atom stereocenters. The fourth-order valence-electron chi connectivity index (χ4n) is 3.26. The van der Waals surface area contributed by atoms with Crippen LogP contribution in [0.3, 0.4) is 0 Å². The van der Waals surface area contributed by atoms with Crippen LogP contribution in [0.1, 0.15) is 17.2 Å². The molecule has 0 saturated carbocycles. The lowest BCUT2D eigenvalue weighted by Crippen LogP contribution is -2.15. The van der Waals surface area contributed by atoms with E-state index in [1.165, 1.54) is 30.0 Å². The number of amides is 1. The van der Waals surface area contributed by atoms with Gasteiger partial charge in [0.25, 0.3) is 5.69 Å². The number of para-hydroxylation sites is 2. The molecule has 10 nitrogen and oxygen atoms in total. The lowest BCUT2D eigenvalue weighted by molar-refractivity contribution is -0.384. The highest BCUT2D eigenvalue weighted by molar-refractivity contribution is 7.99. The molecule has 0 bridgehead atoms. The van der Waals surface area contributed by atoms with Gasteiger partial charge in [-0.1, -0.05) is 23.9 Å². The van der Waals surface area contributed by atoms with Crippen LogP contribution in [0, 0.1) is 17.0 Å². The number of anilines is 1. The molecule has 2 N–H and O–H groups in total. The Morgan fingerprint density at radius 3 is 2.78 bits per heavy atom. The fourth-order valence-corrected chi connectivity index (χ4v) is 3.99. The summed E-state index contributed by atoms with van der Waals surface area (Å²) in [4.78, 5) is 30.6. The Balaban J connectivity index is 1.32. The number of carbonyl (C=O) groups excluding carboxylic acids is 1. The van der Waals surface area contributed by atoms with E-state index in [4.69, 9.17) is 0 Å². The lowest BCUT2D eigenvalue weighted by Gasteiger charge is -2.08. The third-order valence-corrected chi connectivity index (χ3v) is 6.00. The predicted molar refractivity (Wildman–Crippen MR) is 122 cm³/mol. The van der Waals surface area contributed by atoms with E-state index in [0.717, 1.165) is 22.7 Å². The van der Waals surface area contributed by atoms with Crippen LogP contribution >= 0.6 is 11.8 Å². The zero-order valence-corrected chi connectivity index (χ0v) is 18.3. The summed E-state index contributed by atoms with van der Waals surface area (Å²) in [6, 6.07) is 12.2. The minimum absolute atomic E-state index is 0.0101. The molecule has 2 heterocycles. The highest BCUT2D eigenvalue weighted by Gasteiger charge is 2.14. The molecule has 0 spiro atoms. The molecule has 11 heteroatoms. The van der Waals surface area contributed by atoms with Gasteiger partial charge in [-0.25, -0.2) is 4.98 Å². The standard InChI is InChI=1S/C21H21N7O3S/c1-13-11-14(28(30)31)7-8-15(13)24-20(29)12-32-21-26-25-19(27(21)2)10-9-18-22-16-5-3-4-6-17(16)23-18/h3-8,11H,9-10,12H2,1-2H3,(H,22,23)(H,24,29). The van der Waals surface area contributed by atoms with Crippen molar-refractivity contribution in [2.24, 2.45) is 7.05 Å². The van der Waals surface area contributed by atoms with Crippen molar-refractivity contribution in [3.63, 3.8) is 0 Å². The molecule has 2 aromatic heterocycles. The molecule has 164 valence electrons. The number of nitro benzene ring substituents is 1. The highest BCUT2D eigenvalue weighted by atomic mass is 32.2. The van der Waals surface area contributed by atoms with Gasteiger partial charge in [0.2, 0.25) is 5.91 Å². The summed E-state index contributed by atoms with van der Waals surface area (Å²) < 4.78 is 1.87. The second-order valence-corrected chi connectivity index (χ2v) is 8.19. The molecule has 0 unspecified atom stereocenters. The lowest BCUT2D eigenvalue weighted by atomic mass is 10.2. The average molecular weight is 452 g/mol. The molecule has 1 amide bonds. The van der Waals surface area contributed by atoms with Crippen molar-refractivity contribution < 1.29 is 9.72 Å². The van der Waals surface area contributed by atoms with E-state index >= 15 is 0 Å². The van der Waals surface area contributed by atoms with Crippen molar-refractivity contribution >= 4 is 40.1 Å². The number of imidazole rings is 1. The number of H-pyrrole nitrogens is 1. The number of benzene rings is 2. The number of thioether (sulfide) groups is 1. The smallest absolute Gasteiger partial charge is 0.269 e. The number of hydrogen-bond acceptors (Lipinski definition) is 7. The van der Waals surface area contributed by atoms with Crippen molar-refractivity contribution in [1.29, 1.82) is 0 Å². The summed E-state index contributed by atoms with van der Waals surface area (Å²) in [6.07, 6.45) is 1.36. The quantitative estimate of drug-likeness (QED) is 0.238. The van der Waals surface area contributed by atoms with Crippen LogP contribution in [0.25, 0.3) is 11.0 Å². The van der Waals surface area contributed by atoms with Gasteiger partial charge in [-0.15, -0.1) is 10.2 Å². The van der Waals surface area contributed by atoms with Gasteiger partial charge in [0, 0.05) is 37.7 Å². The summed E-state index contributed by atoms with van der Waals surface area (Å²) in [5.41, 5.74) is 3.11. The number of non-ortho nitro benzene ring substituents is 1. The van der Waals surface area contributed by atoms with Gasteiger partial charge in [-0.05, 0) is 30.7 Å². The molecule has 4 aromatic rings. The molecule has 0 aliphatic heterocycles. The number of aromatic nitrogens is 5. The van der Waals surface area contributed by atoms with E-state index in [-0.39, 0.29) is 17.3 Å². The minimum Gasteiger partial charge on any atom is -0.342 e. The largest absolute Gasteiger partial charge is 0.342 e. The maximum Gasteiger partial charge on any atom is 0.269 e. The van der Waals surface area contributed by atoms with Crippen molar-refractivity contribution in [2.75, 3.05) is 11.1 Å². The molecular weight excluding hydrogens is 430 g/mol. The maximum atomic E-state index is 12.3. The highest BCUT2D eigenvalue weighted by Crippen LogP contribution is 2.22. The monoisotopic (exact) mass is 451 g/mol. The van der Waals surface area contributed by atoms with Gasteiger partial charge in [0.05, 0.1) is 21.7 Å². The predicted octanol–water partition coefficient (Wildman–Crippen LogP) is 3.42. The molecule has 0 saturated heterocycles. The number of aryl methyl sites for hydroxylation is 3. The van der Waals surface area contributed by atoms with Crippen LogP contribution in [-0.4, -0.2) is 41.3 Å². The van der Waals surface area contributed by atoms with Crippen molar-refractivity contribution in [3.05, 3.63) is 69.8 Å². The zero-order chi connectivity index (χ0) is 22.7. The molecule has 2 aromatic carbocycles. The summed E-state index contributed by atoms with van der Waals surface area (Å²) in [7, 11) is 1.87. The van der Waals surface area contributed by atoms with Crippen molar-refractivity contribution in [3.8, 4) is 0 Å². The summed E-state index contributed by atoms with van der Waals surface area (Å²) in [5.74, 6) is 1.62. The van der Waals surface area contributed by atoms with Gasteiger partial charge in [-0.2, -0.15) is 0 Å². The summed E-state index contributed by atoms with van der Waals surface area (Å²) in [5, 5.41) is 22.7. The van der Waals surface area contributed by atoms with Gasteiger partial charge >= 0.3 is 0 Å². The van der Waals surface area contributed by atoms with Crippen LogP contribution in [0.2, 0.25) is 0 Å².